The third kappa shape index (κ3) is 2.16. The monoisotopic (exact) mass is 179 g/mol. The molecule has 0 saturated carbocycles. The Hall–Kier alpha value is -0.271. The van der Waals surface area contributed by atoms with Gasteiger partial charge >= 0.3 is 0 Å². The molecule has 1 aromatic heterocycles. The van der Waals surface area contributed by atoms with Gasteiger partial charge in [-0.25, -0.2) is 0 Å². The molecule has 2 nitrogen and oxygen atoms in total. The molecule has 0 fully saturated rings. The molecule has 1 rings (SSSR count). The third-order valence-corrected chi connectivity index (χ3v) is 1.36. The fraction of sp³-hybridized carbons (Fsp3) is 0.571. The van der Waals surface area contributed by atoms with Gasteiger partial charge in [-0.1, -0.05) is 38.1 Å². The van der Waals surface area contributed by atoms with Crippen molar-refractivity contribution >= 4 is 0 Å². The summed E-state index contributed by atoms with van der Waals surface area (Å²) in [6, 6.07) is 2.06. The van der Waals surface area contributed by atoms with Gasteiger partial charge in [0, 0.05) is 17.1 Å². The van der Waals surface area contributed by atoms with Crippen molar-refractivity contribution in [2.45, 2.75) is 26.7 Å². The second-order valence-corrected chi connectivity index (χ2v) is 2.03. The van der Waals surface area contributed by atoms with E-state index in [9.17, 15) is 0 Å². The summed E-state index contributed by atoms with van der Waals surface area (Å²) >= 11 is 0. The molecule has 1 heterocycles. The Morgan fingerprint density at radius 1 is 1.50 bits per heavy atom. The minimum absolute atomic E-state index is 0. The molecule has 0 unspecified atom stereocenters. The summed E-state index contributed by atoms with van der Waals surface area (Å²) in [5, 5.41) is 7.91. The predicted octanol–water partition coefficient (Wildman–Crippen LogP) is 1.32. The maximum atomic E-state index is 3.96. The number of aryl methyl sites for hydroxylation is 2. The normalized spacial score (nSPS) is 9.00. The smallest absolute Gasteiger partial charge is 0 e. The van der Waals surface area contributed by atoms with Gasteiger partial charge in [-0.3, -0.25) is 10.2 Å². The summed E-state index contributed by atoms with van der Waals surface area (Å²) in [5.74, 6) is 0. The zero-order valence-electron chi connectivity index (χ0n) is 6.24. The molecule has 58 valence electrons. The molecule has 10 heavy (non-hydrogen) atoms. The summed E-state index contributed by atoms with van der Waals surface area (Å²) in [6.07, 6.45) is 1.99. The molecular formula is C7H11FeN2-. The van der Waals surface area contributed by atoms with Crippen LogP contribution in [0.2, 0.25) is 0 Å². The molecule has 0 amide bonds. The van der Waals surface area contributed by atoms with Crippen LogP contribution < -0.4 is 0 Å². The van der Waals surface area contributed by atoms with Gasteiger partial charge in [-0.2, -0.15) is 6.07 Å². The van der Waals surface area contributed by atoms with Crippen LogP contribution in [0.1, 0.15) is 25.2 Å². The van der Waals surface area contributed by atoms with Crippen LogP contribution in [0.15, 0.2) is 6.07 Å². The quantitative estimate of drug-likeness (QED) is 0.505. The van der Waals surface area contributed by atoms with Gasteiger partial charge < -0.3 is 0 Å². The van der Waals surface area contributed by atoms with Crippen LogP contribution in [0.5, 0.6) is 0 Å². The van der Waals surface area contributed by atoms with Crippen molar-refractivity contribution in [2.24, 2.45) is 0 Å². The van der Waals surface area contributed by atoms with Crippen molar-refractivity contribution in [1.82, 2.24) is 10.2 Å². The number of hydrogen-bond donors (Lipinski definition) is 0. The molecule has 0 saturated heterocycles. The molecular weight excluding hydrogens is 168 g/mol. The van der Waals surface area contributed by atoms with Crippen molar-refractivity contribution < 1.29 is 17.1 Å². The molecule has 0 aliphatic heterocycles. The molecule has 1 aromatic rings. The third-order valence-electron chi connectivity index (χ3n) is 1.36. The molecule has 0 aliphatic rings. The number of aromatic nitrogens is 2. The van der Waals surface area contributed by atoms with Crippen molar-refractivity contribution in [3.8, 4) is 0 Å². The van der Waals surface area contributed by atoms with Gasteiger partial charge in [0.25, 0.3) is 0 Å². The summed E-state index contributed by atoms with van der Waals surface area (Å²) < 4.78 is 0. The van der Waals surface area contributed by atoms with E-state index in [2.05, 4.69) is 30.1 Å². The van der Waals surface area contributed by atoms with Crippen LogP contribution in [0, 0.1) is 0 Å². The van der Waals surface area contributed by atoms with Gasteiger partial charge in [0.15, 0.2) is 0 Å². The maximum Gasteiger partial charge on any atom is 0 e. The van der Waals surface area contributed by atoms with E-state index in [0.717, 1.165) is 24.2 Å². The van der Waals surface area contributed by atoms with Crippen LogP contribution in [-0.2, 0) is 29.9 Å². The van der Waals surface area contributed by atoms with Gasteiger partial charge in [-0.05, 0) is 0 Å². The van der Waals surface area contributed by atoms with E-state index in [4.69, 9.17) is 0 Å². The van der Waals surface area contributed by atoms with Crippen molar-refractivity contribution in [3.63, 3.8) is 0 Å². The summed E-state index contributed by atoms with van der Waals surface area (Å²) in [6.45, 7) is 4.17. The van der Waals surface area contributed by atoms with Crippen molar-refractivity contribution in [3.05, 3.63) is 17.5 Å². The Bertz CT molecular complexity index is 165. The van der Waals surface area contributed by atoms with E-state index in [1.807, 2.05) is 0 Å². The molecule has 3 heteroatoms. The molecule has 0 radical (unpaired) electrons. The standard InChI is InChI=1S/C7H11N2.Fe/c1-3-6-5-7(4-2)9-8-6;/h5H,3-4H2,1-2H3;/q-1;. The first-order chi connectivity index (χ1) is 4.36. The van der Waals surface area contributed by atoms with Gasteiger partial charge in [0.1, 0.15) is 0 Å². The van der Waals surface area contributed by atoms with Crippen LogP contribution in [0.3, 0.4) is 0 Å². The summed E-state index contributed by atoms with van der Waals surface area (Å²) in [4.78, 5) is 0. The van der Waals surface area contributed by atoms with E-state index < -0.39 is 0 Å². The first kappa shape index (κ1) is 9.73. The van der Waals surface area contributed by atoms with E-state index in [-0.39, 0.29) is 17.1 Å². The van der Waals surface area contributed by atoms with Crippen LogP contribution in [0.25, 0.3) is 0 Å². The Balaban J connectivity index is 0.000000810. The summed E-state index contributed by atoms with van der Waals surface area (Å²) in [5.41, 5.74) is 2.21. The largest absolute Gasteiger partial charge is 0.273 e. The first-order valence-corrected chi connectivity index (χ1v) is 3.35. The molecule has 0 spiro atoms. The molecule has 0 atom stereocenters. The van der Waals surface area contributed by atoms with E-state index >= 15 is 0 Å². The van der Waals surface area contributed by atoms with Gasteiger partial charge in [0.2, 0.25) is 0 Å². The fourth-order valence-electron chi connectivity index (χ4n) is 0.724. The van der Waals surface area contributed by atoms with Gasteiger partial charge in [-0.15, -0.1) is 0 Å². The minimum atomic E-state index is 0. The number of hydrogen-bond acceptors (Lipinski definition) is 2. The molecule has 0 aromatic carbocycles. The second-order valence-electron chi connectivity index (χ2n) is 2.03. The number of nitrogens with zero attached hydrogens (tertiary/aromatic N) is 2. The Morgan fingerprint density at radius 2 is 2.20 bits per heavy atom. The zero-order chi connectivity index (χ0) is 6.69. The van der Waals surface area contributed by atoms with E-state index in [0.29, 0.717) is 0 Å². The van der Waals surface area contributed by atoms with Crippen LogP contribution in [0.4, 0.5) is 0 Å². The first-order valence-electron chi connectivity index (χ1n) is 3.35. The minimum Gasteiger partial charge on any atom is -0.273 e. The average Bonchev–Trinajstić information content (AvgIpc) is 2.34. The Kier molecular flexibility index (Phi) is 4.41. The van der Waals surface area contributed by atoms with Crippen LogP contribution >= 0.6 is 0 Å². The van der Waals surface area contributed by atoms with Gasteiger partial charge in [0.05, 0.1) is 0 Å². The van der Waals surface area contributed by atoms with Crippen LogP contribution in [-0.4, -0.2) is 10.2 Å². The maximum absolute atomic E-state index is 3.96. The molecule has 0 N–H and O–H groups in total. The van der Waals surface area contributed by atoms with Crippen molar-refractivity contribution in [2.75, 3.05) is 0 Å². The Labute approximate surface area is 71.9 Å². The SMILES string of the molecule is CCc1c[c-](CC)nn1.[Fe]. The fourth-order valence-corrected chi connectivity index (χ4v) is 0.724. The second kappa shape index (κ2) is 4.53. The number of rotatable bonds is 2. The molecule has 0 aliphatic carbocycles. The zero-order valence-corrected chi connectivity index (χ0v) is 7.34. The average molecular weight is 179 g/mol. The topological polar surface area (TPSA) is 25.8 Å². The van der Waals surface area contributed by atoms with Crippen molar-refractivity contribution in [1.29, 1.82) is 0 Å². The van der Waals surface area contributed by atoms with E-state index in [1.165, 1.54) is 0 Å². The predicted molar refractivity (Wildman–Crippen MR) is 36.4 cm³/mol. The van der Waals surface area contributed by atoms with E-state index in [1.54, 1.807) is 0 Å². The molecule has 0 bridgehead atoms. The Morgan fingerprint density at radius 3 is 2.50 bits per heavy atom. The summed E-state index contributed by atoms with van der Waals surface area (Å²) in [7, 11) is 0.